The summed E-state index contributed by atoms with van der Waals surface area (Å²) in [5.41, 5.74) is 4.47. The van der Waals surface area contributed by atoms with Crippen molar-refractivity contribution in [3.63, 3.8) is 0 Å². The largest absolute Gasteiger partial charge is 0.487 e. The number of ether oxygens (including phenoxy) is 1. The molecule has 0 unspecified atom stereocenters. The van der Waals surface area contributed by atoms with Crippen molar-refractivity contribution in [1.82, 2.24) is 0 Å². The van der Waals surface area contributed by atoms with Gasteiger partial charge in [0.15, 0.2) is 0 Å². The maximum atomic E-state index is 12.3. The average molecular weight is 391 g/mol. The van der Waals surface area contributed by atoms with Crippen LogP contribution in [-0.4, -0.2) is 0 Å². The first kappa shape index (κ1) is 17.3. The summed E-state index contributed by atoms with van der Waals surface area (Å²) in [5.74, 6) is 0.530. The number of fused-ring (bicyclic) bond motifs is 4. The van der Waals surface area contributed by atoms with Crippen molar-refractivity contribution in [3.05, 3.63) is 86.2 Å². The average Bonchev–Trinajstić information content (AvgIpc) is 3.19. The number of hydrogen-bond acceptors (Lipinski definition) is 3. The van der Waals surface area contributed by atoms with E-state index < -0.39 is 0 Å². The van der Waals surface area contributed by atoms with Gasteiger partial charge in [-0.25, -0.2) is 4.79 Å². The molecule has 1 aliphatic carbocycles. The zero-order chi connectivity index (χ0) is 19.3. The van der Waals surface area contributed by atoms with Gasteiger partial charge in [-0.05, 0) is 54.2 Å². The van der Waals surface area contributed by atoms with E-state index in [1.807, 2.05) is 18.2 Å². The Morgan fingerprint density at radius 3 is 2.75 bits per heavy atom. The Kier molecular flexibility index (Phi) is 4.13. The first-order valence-corrected chi connectivity index (χ1v) is 9.88. The summed E-state index contributed by atoms with van der Waals surface area (Å²) in [4.78, 5) is 12.3. The van der Waals surface area contributed by atoms with Gasteiger partial charge < -0.3 is 9.15 Å². The van der Waals surface area contributed by atoms with Crippen LogP contribution in [0.4, 0.5) is 0 Å². The van der Waals surface area contributed by atoms with Gasteiger partial charge in [0.1, 0.15) is 17.9 Å². The number of hydrogen-bond donors (Lipinski definition) is 0. The Hall–Kier alpha value is -2.78. The van der Waals surface area contributed by atoms with Gasteiger partial charge in [0.05, 0.1) is 5.02 Å². The highest BCUT2D eigenvalue weighted by Crippen LogP contribution is 2.35. The summed E-state index contributed by atoms with van der Waals surface area (Å²) < 4.78 is 11.6. The van der Waals surface area contributed by atoms with Crippen LogP contribution in [0.5, 0.6) is 5.75 Å². The summed E-state index contributed by atoms with van der Waals surface area (Å²) in [6.07, 6.45) is 2.66. The minimum Gasteiger partial charge on any atom is -0.487 e. The third-order valence-corrected chi connectivity index (χ3v) is 5.97. The van der Waals surface area contributed by atoms with Gasteiger partial charge in [0.2, 0.25) is 0 Å². The Morgan fingerprint density at radius 2 is 1.86 bits per heavy atom. The molecule has 0 amide bonds. The number of rotatable bonds is 3. The summed E-state index contributed by atoms with van der Waals surface area (Å²) in [7, 11) is 0. The van der Waals surface area contributed by atoms with Gasteiger partial charge in [0.25, 0.3) is 0 Å². The van der Waals surface area contributed by atoms with E-state index in [0.29, 0.717) is 23.0 Å². The molecule has 1 heterocycles. The molecule has 0 saturated heterocycles. The SMILES string of the molecule is Cc1ccc2ccccc2c1COc1cc2oc(=O)c3c(c2cc1Cl)CCC3. The Bertz CT molecular complexity index is 1290. The zero-order valence-corrected chi connectivity index (χ0v) is 16.3. The summed E-state index contributed by atoms with van der Waals surface area (Å²) >= 11 is 6.52. The van der Waals surface area contributed by atoms with Crippen LogP contribution in [0.3, 0.4) is 0 Å². The zero-order valence-electron chi connectivity index (χ0n) is 15.5. The second-order valence-electron chi connectivity index (χ2n) is 7.35. The van der Waals surface area contributed by atoms with Gasteiger partial charge in [0, 0.05) is 22.6 Å². The Morgan fingerprint density at radius 1 is 1.04 bits per heavy atom. The van der Waals surface area contributed by atoms with E-state index in [-0.39, 0.29) is 5.63 Å². The molecule has 0 aliphatic heterocycles. The first-order chi connectivity index (χ1) is 13.6. The van der Waals surface area contributed by atoms with E-state index in [0.717, 1.165) is 41.3 Å². The molecular weight excluding hydrogens is 372 g/mol. The van der Waals surface area contributed by atoms with Crippen molar-refractivity contribution in [2.45, 2.75) is 32.8 Å². The van der Waals surface area contributed by atoms with Gasteiger partial charge in [-0.3, -0.25) is 0 Å². The highest BCUT2D eigenvalue weighted by molar-refractivity contribution is 6.32. The van der Waals surface area contributed by atoms with Crippen molar-refractivity contribution < 1.29 is 9.15 Å². The molecule has 3 nitrogen and oxygen atoms in total. The first-order valence-electron chi connectivity index (χ1n) is 9.50. The molecule has 1 aliphatic rings. The highest BCUT2D eigenvalue weighted by atomic mass is 35.5. The van der Waals surface area contributed by atoms with Crippen LogP contribution in [0, 0.1) is 6.92 Å². The Labute approximate surface area is 167 Å². The maximum Gasteiger partial charge on any atom is 0.339 e. The van der Waals surface area contributed by atoms with Gasteiger partial charge in [-0.2, -0.15) is 0 Å². The lowest BCUT2D eigenvalue weighted by Crippen LogP contribution is -2.07. The molecule has 0 radical (unpaired) electrons. The predicted octanol–water partition coefficient (Wildman–Crippen LogP) is 5.98. The lowest BCUT2D eigenvalue weighted by Gasteiger charge is -2.14. The second kappa shape index (κ2) is 6.68. The van der Waals surface area contributed by atoms with Gasteiger partial charge >= 0.3 is 5.63 Å². The maximum absolute atomic E-state index is 12.3. The summed E-state index contributed by atoms with van der Waals surface area (Å²) in [5, 5.41) is 3.81. The fourth-order valence-electron chi connectivity index (χ4n) is 4.18. The summed E-state index contributed by atoms with van der Waals surface area (Å²) in [6, 6.07) is 16.1. The molecule has 4 aromatic rings. The van der Waals surface area contributed by atoms with Gasteiger partial charge in [-0.15, -0.1) is 0 Å². The molecular formula is C24H19ClO3. The minimum absolute atomic E-state index is 0.238. The third-order valence-electron chi connectivity index (χ3n) is 5.67. The lowest BCUT2D eigenvalue weighted by atomic mass is 10.0. The highest BCUT2D eigenvalue weighted by Gasteiger charge is 2.21. The van der Waals surface area contributed by atoms with Crippen LogP contribution >= 0.6 is 11.6 Å². The lowest BCUT2D eigenvalue weighted by molar-refractivity contribution is 0.307. The molecule has 3 aromatic carbocycles. The molecule has 0 spiro atoms. The molecule has 140 valence electrons. The molecule has 28 heavy (non-hydrogen) atoms. The molecule has 0 atom stereocenters. The standard InChI is InChI=1S/C24H19ClO3/c1-14-9-10-15-5-2-3-6-16(15)20(14)13-27-23-12-22-19(11-21(23)25)17-7-4-8-18(17)24(26)28-22/h2-3,5-6,9-12H,4,7-8,13H2,1H3. The fourth-order valence-corrected chi connectivity index (χ4v) is 4.40. The molecule has 0 bridgehead atoms. The van der Waals surface area contributed by atoms with Crippen molar-refractivity contribution in [3.8, 4) is 5.75 Å². The molecule has 0 saturated carbocycles. The Balaban J connectivity index is 1.55. The monoisotopic (exact) mass is 390 g/mol. The molecule has 1 aromatic heterocycles. The predicted molar refractivity (Wildman–Crippen MR) is 113 cm³/mol. The quantitative estimate of drug-likeness (QED) is 0.404. The van der Waals surface area contributed by atoms with E-state index in [2.05, 4.69) is 31.2 Å². The van der Waals surface area contributed by atoms with Crippen molar-refractivity contribution in [2.24, 2.45) is 0 Å². The van der Waals surface area contributed by atoms with E-state index >= 15 is 0 Å². The molecule has 4 heteroatoms. The van der Waals surface area contributed by atoms with E-state index in [1.165, 1.54) is 16.3 Å². The number of benzene rings is 3. The van der Waals surface area contributed by atoms with Crippen molar-refractivity contribution in [1.29, 1.82) is 0 Å². The van der Waals surface area contributed by atoms with E-state index in [1.54, 1.807) is 6.07 Å². The van der Waals surface area contributed by atoms with E-state index in [9.17, 15) is 4.79 Å². The van der Waals surface area contributed by atoms with Crippen molar-refractivity contribution >= 4 is 33.3 Å². The molecule has 0 fully saturated rings. The van der Waals surface area contributed by atoms with Crippen LogP contribution < -0.4 is 10.4 Å². The molecule has 0 N–H and O–H groups in total. The number of halogens is 1. The van der Waals surface area contributed by atoms with Crippen LogP contribution in [0.25, 0.3) is 21.7 Å². The summed E-state index contributed by atoms with van der Waals surface area (Å²) in [6.45, 7) is 2.48. The minimum atomic E-state index is -0.238. The van der Waals surface area contributed by atoms with Crippen LogP contribution in [0.15, 0.2) is 57.7 Å². The molecule has 5 rings (SSSR count). The normalized spacial score (nSPS) is 13.2. The van der Waals surface area contributed by atoms with E-state index in [4.69, 9.17) is 20.8 Å². The fraction of sp³-hybridized carbons (Fsp3) is 0.208. The smallest absolute Gasteiger partial charge is 0.339 e. The van der Waals surface area contributed by atoms with Crippen LogP contribution in [0.1, 0.15) is 28.7 Å². The van der Waals surface area contributed by atoms with Crippen LogP contribution in [0.2, 0.25) is 5.02 Å². The number of aryl methyl sites for hydroxylation is 2. The second-order valence-corrected chi connectivity index (χ2v) is 7.76. The van der Waals surface area contributed by atoms with Crippen molar-refractivity contribution in [2.75, 3.05) is 0 Å². The van der Waals surface area contributed by atoms with Crippen LogP contribution in [-0.2, 0) is 19.4 Å². The third kappa shape index (κ3) is 2.78. The topological polar surface area (TPSA) is 39.4 Å². The van der Waals surface area contributed by atoms with Gasteiger partial charge in [-0.1, -0.05) is 48.0 Å².